The van der Waals surface area contributed by atoms with Gasteiger partial charge in [-0.1, -0.05) is 13.8 Å². The number of rotatable bonds is 3. The molecule has 2 N–H and O–H groups in total. The molecule has 3 heteroatoms. The molecular weight excluding hydrogens is 188 g/mol. The number of nitrogens with zero attached hydrogens (tertiary/aromatic N) is 1. The molecule has 0 bridgehead atoms. The van der Waals surface area contributed by atoms with Crippen LogP contribution in [0.5, 0.6) is 5.75 Å². The lowest BCUT2D eigenvalue weighted by Crippen LogP contribution is -2.13. The van der Waals surface area contributed by atoms with Gasteiger partial charge in [-0.2, -0.15) is 0 Å². The number of benzene rings is 1. The number of amidine groups is 1. The Morgan fingerprint density at radius 2 is 2.07 bits per heavy atom. The van der Waals surface area contributed by atoms with E-state index >= 15 is 0 Å². The summed E-state index contributed by atoms with van der Waals surface area (Å²) in [5, 5.41) is 0. The van der Waals surface area contributed by atoms with Gasteiger partial charge in [-0.3, -0.25) is 4.99 Å². The Morgan fingerprint density at radius 1 is 1.40 bits per heavy atom. The molecular formula is C12H18N2O. The van der Waals surface area contributed by atoms with E-state index in [4.69, 9.17) is 10.5 Å². The van der Waals surface area contributed by atoms with Crippen molar-refractivity contribution in [3.63, 3.8) is 0 Å². The average Bonchev–Trinajstić information content (AvgIpc) is 2.27. The van der Waals surface area contributed by atoms with Crippen LogP contribution < -0.4 is 10.5 Å². The van der Waals surface area contributed by atoms with E-state index in [1.165, 1.54) is 0 Å². The van der Waals surface area contributed by atoms with Gasteiger partial charge in [0.2, 0.25) is 0 Å². The van der Waals surface area contributed by atoms with Crippen molar-refractivity contribution in [1.29, 1.82) is 0 Å². The lowest BCUT2D eigenvalue weighted by Gasteiger charge is -2.13. The molecule has 1 aromatic carbocycles. The molecule has 0 spiro atoms. The molecule has 0 saturated heterocycles. The van der Waals surface area contributed by atoms with Crippen molar-refractivity contribution >= 4 is 5.84 Å². The van der Waals surface area contributed by atoms with E-state index in [2.05, 4.69) is 18.8 Å². The third-order valence-corrected chi connectivity index (χ3v) is 2.39. The summed E-state index contributed by atoms with van der Waals surface area (Å²) < 4.78 is 5.29. The normalized spacial score (nSPS) is 11.9. The Morgan fingerprint density at radius 3 is 2.53 bits per heavy atom. The average molecular weight is 206 g/mol. The fraction of sp³-hybridized carbons (Fsp3) is 0.417. The Hall–Kier alpha value is -1.51. The molecule has 0 fully saturated rings. The van der Waals surface area contributed by atoms with Crippen molar-refractivity contribution in [3.05, 3.63) is 29.3 Å². The first kappa shape index (κ1) is 11.6. The fourth-order valence-electron chi connectivity index (χ4n) is 1.47. The van der Waals surface area contributed by atoms with Crippen molar-refractivity contribution in [1.82, 2.24) is 0 Å². The zero-order valence-corrected chi connectivity index (χ0v) is 9.74. The van der Waals surface area contributed by atoms with Gasteiger partial charge in [0.05, 0.1) is 7.11 Å². The van der Waals surface area contributed by atoms with Crippen LogP contribution in [0.2, 0.25) is 0 Å². The third kappa shape index (κ3) is 2.49. The summed E-state index contributed by atoms with van der Waals surface area (Å²) >= 11 is 0. The van der Waals surface area contributed by atoms with Crippen molar-refractivity contribution < 1.29 is 4.74 Å². The van der Waals surface area contributed by atoms with Gasteiger partial charge in [0.15, 0.2) is 0 Å². The Bertz CT molecular complexity index is 370. The first-order valence-corrected chi connectivity index (χ1v) is 5.00. The molecule has 15 heavy (non-hydrogen) atoms. The summed E-state index contributed by atoms with van der Waals surface area (Å²) in [6.07, 6.45) is 0. The van der Waals surface area contributed by atoms with E-state index in [0.717, 1.165) is 16.9 Å². The maximum Gasteiger partial charge on any atom is 0.125 e. The molecule has 0 radical (unpaired) electrons. The van der Waals surface area contributed by atoms with E-state index in [1.807, 2.05) is 18.2 Å². The highest BCUT2D eigenvalue weighted by Gasteiger charge is 2.09. The third-order valence-electron chi connectivity index (χ3n) is 2.39. The maximum absolute atomic E-state index is 5.76. The van der Waals surface area contributed by atoms with Gasteiger partial charge in [-0.25, -0.2) is 0 Å². The van der Waals surface area contributed by atoms with E-state index < -0.39 is 0 Å². The molecule has 0 aliphatic rings. The summed E-state index contributed by atoms with van der Waals surface area (Å²) in [4.78, 5) is 3.97. The van der Waals surface area contributed by atoms with Crippen LogP contribution in [0.3, 0.4) is 0 Å². The SMILES string of the molecule is CN=C(N)c1ccc(OC)c(C(C)C)c1. The topological polar surface area (TPSA) is 47.6 Å². The van der Waals surface area contributed by atoms with E-state index in [0.29, 0.717) is 11.8 Å². The molecule has 0 atom stereocenters. The predicted octanol–water partition coefficient (Wildman–Crippen LogP) is 2.15. The second-order valence-electron chi connectivity index (χ2n) is 3.72. The van der Waals surface area contributed by atoms with Crippen LogP contribution in [0.15, 0.2) is 23.2 Å². The van der Waals surface area contributed by atoms with Gasteiger partial charge >= 0.3 is 0 Å². The van der Waals surface area contributed by atoms with Crippen molar-refractivity contribution in [2.75, 3.05) is 14.2 Å². The monoisotopic (exact) mass is 206 g/mol. The first-order valence-electron chi connectivity index (χ1n) is 5.00. The number of hydrogen-bond donors (Lipinski definition) is 1. The largest absolute Gasteiger partial charge is 0.496 e. The van der Waals surface area contributed by atoms with Gasteiger partial charge in [0.25, 0.3) is 0 Å². The summed E-state index contributed by atoms with van der Waals surface area (Å²) in [6, 6.07) is 5.89. The standard InChI is InChI=1S/C12H18N2O/c1-8(2)10-7-9(12(13)14-3)5-6-11(10)15-4/h5-8H,1-4H3,(H2,13,14). The highest BCUT2D eigenvalue weighted by molar-refractivity contribution is 5.97. The maximum atomic E-state index is 5.76. The van der Waals surface area contributed by atoms with Crippen LogP contribution in [-0.2, 0) is 0 Å². The van der Waals surface area contributed by atoms with Crippen molar-refractivity contribution in [2.45, 2.75) is 19.8 Å². The summed E-state index contributed by atoms with van der Waals surface area (Å²) in [6.45, 7) is 4.25. The minimum atomic E-state index is 0.407. The zero-order chi connectivity index (χ0) is 11.4. The minimum absolute atomic E-state index is 0.407. The number of ether oxygens (including phenoxy) is 1. The fourth-order valence-corrected chi connectivity index (χ4v) is 1.47. The van der Waals surface area contributed by atoms with Gasteiger partial charge < -0.3 is 10.5 Å². The number of methoxy groups -OCH3 is 1. The lowest BCUT2D eigenvalue weighted by molar-refractivity contribution is 0.407. The van der Waals surface area contributed by atoms with Crippen LogP contribution in [-0.4, -0.2) is 20.0 Å². The summed E-state index contributed by atoms with van der Waals surface area (Å²) in [5.41, 5.74) is 7.86. The highest BCUT2D eigenvalue weighted by atomic mass is 16.5. The van der Waals surface area contributed by atoms with Gasteiger partial charge in [-0.05, 0) is 29.7 Å². The number of aliphatic imine (C=N–C) groups is 1. The molecule has 3 nitrogen and oxygen atoms in total. The van der Waals surface area contributed by atoms with Gasteiger partial charge in [0, 0.05) is 12.6 Å². The Balaban J connectivity index is 3.22. The molecule has 0 aliphatic carbocycles. The summed E-state index contributed by atoms with van der Waals surface area (Å²) in [7, 11) is 3.37. The summed E-state index contributed by atoms with van der Waals surface area (Å²) in [5.74, 6) is 1.86. The molecule has 1 rings (SSSR count). The van der Waals surface area contributed by atoms with E-state index in [1.54, 1.807) is 14.2 Å². The Labute approximate surface area is 91.0 Å². The van der Waals surface area contributed by atoms with Crippen LogP contribution in [0.1, 0.15) is 30.9 Å². The van der Waals surface area contributed by atoms with Crippen LogP contribution >= 0.6 is 0 Å². The van der Waals surface area contributed by atoms with Crippen LogP contribution in [0.4, 0.5) is 0 Å². The molecule has 0 saturated carbocycles. The molecule has 0 unspecified atom stereocenters. The zero-order valence-electron chi connectivity index (χ0n) is 9.74. The molecule has 0 aromatic heterocycles. The van der Waals surface area contributed by atoms with Crippen molar-refractivity contribution in [3.8, 4) is 5.75 Å². The number of hydrogen-bond acceptors (Lipinski definition) is 2. The van der Waals surface area contributed by atoms with Gasteiger partial charge in [-0.15, -0.1) is 0 Å². The smallest absolute Gasteiger partial charge is 0.125 e. The number of nitrogens with two attached hydrogens (primary N) is 1. The highest BCUT2D eigenvalue weighted by Crippen LogP contribution is 2.27. The minimum Gasteiger partial charge on any atom is -0.496 e. The van der Waals surface area contributed by atoms with E-state index in [-0.39, 0.29) is 0 Å². The van der Waals surface area contributed by atoms with Crippen LogP contribution in [0.25, 0.3) is 0 Å². The lowest BCUT2D eigenvalue weighted by atomic mass is 9.99. The quantitative estimate of drug-likeness (QED) is 0.608. The van der Waals surface area contributed by atoms with Crippen LogP contribution in [0, 0.1) is 0 Å². The second kappa shape index (κ2) is 4.82. The van der Waals surface area contributed by atoms with Crippen molar-refractivity contribution in [2.24, 2.45) is 10.7 Å². The molecule has 1 aromatic rings. The molecule has 0 heterocycles. The first-order chi connectivity index (χ1) is 7.10. The predicted molar refractivity (Wildman–Crippen MR) is 63.7 cm³/mol. The van der Waals surface area contributed by atoms with Gasteiger partial charge in [0.1, 0.15) is 11.6 Å². The molecule has 0 aliphatic heterocycles. The Kier molecular flexibility index (Phi) is 3.72. The second-order valence-corrected chi connectivity index (χ2v) is 3.72. The molecule has 82 valence electrons. The van der Waals surface area contributed by atoms with E-state index in [9.17, 15) is 0 Å². The molecule has 0 amide bonds.